The van der Waals surface area contributed by atoms with Crippen molar-refractivity contribution in [3.8, 4) is 5.75 Å². The molecule has 0 saturated carbocycles. The van der Waals surface area contributed by atoms with E-state index in [2.05, 4.69) is 0 Å². The number of hydrogen-bond donors (Lipinski definition) is 0. The molecule has 1 atom stereocenters. The van der Waals surface area contributed by atoms with E-state index >= 15 is 0 Å². The summed E-state index contributed by atoms with van der Waals surface area (Å²) in [7, 11) is 0. The van der Waals surface area contributed by atoms with Crippen LogP contribution < -0.4 is 4.74 Å². The minimum atomic E-state index is -0.199. The van der Waals surface area contributed by atoms with Crippen molar-refractivity contribution >= 4 is 6.29 Å². The summed E-state index contributed by atoms with van der Waals surface area (Å²) in [6.45, 7) is 2.36. The summed E-state index contributed by atoms with van der Waals surface area (Å²) >= 11 is 0. The molecule has 2 rings (SSSR count). The highest BCUT2D eigenvalue weighted by Crippen LogP contribution is 2.26. The zero-order valence-electron chi connectivity index (χ0n) is 7.32. The van der Waals surface area contributed by atoms with Crippen molar-refractivity contribution in [3.05, 3.63) is 29.3 Å². The predicted molar refractivity (Wildman–Crippen MR) is 46.7 cm³/mol. The molecular formula is C10H10O3. The molecule has 0 radical (unpaired) electrons. The first kappa shape index (κ1) is 8.26. The van der Waals surface area contributed by atoms with Crippen molar-refractivity contribution in [2.45, 2.75) is 19.8 Å². The molecule has 13 heavy (non-hydrogen) atoms. The van der Waals surface area contributed by atoms with Crippen LogP contribution in [0.2, 0.25) is 0 Å². The number of fused-ring (bicyclic) bond motifs is 1. The van der Waals surface area contributed by atoms with Crippen molar-refractivity contribution in [3.63, 3.8) is 0 Å². The first-order valence-corrected chi connectivity index (χ1v) is 4.16. The summed E-state index contributed by atoms with van der Waals surface area (Å²) in [4.78, 5) is 10.5. The average molecular weight is 178 g/mol. The van der Waals surface area contributed by atoms with Crippen LogP contribution in [0.5, 0.6) is 5.75 Å². The third kappa shape index (κ3) is 1.55. The lowest BCUT2D eigenvalue weighted by atomic mass is 10.1. The minimum Gasteiger partial charge on any atom is -0.465 e. The molecule has 0 aliphatic carbocycles. The molecule has 1 unspecified atom stereocenters. The number of benzene rings is 1. The largest absolute Gasteiger partial charge is 0.465 e. The van der Waals surface area contributed by atoms with Crippen molar-refractivity contribution in [2.75, 3.05) is 0 Å². The average Bonchev–Trinajstić information content (AvgIpc) is 2.17. The van der Waals surface area contributed by atoms with Gasteiger partial charge in [0, 0.05) is 11.1 Å². The van der Waals surface area contributed by atoms with E-state index in [1.54, 1.807) is 18.2 Å². The summed E-state index contributed by atoms with van der Waals surface area (Å²) in [5.74, 6) is 0.810. The standard InChI is InChI=1S/C10H10O3/c1-7-12-6-9-4-8(5-11)2-3-10(9)13-7/h2-5,7H,6H2,1H3. The maximum atomic E-state index is 10.5. The van der Waals surface area contributed by atoms with E-state index in [9.17, 15) is 4.79 Å². The summed E-state index contributed by atoms with van der Waals surface area (Å²) in [5, 5.41) is 0. The lowest BCUT2D eigenvalue weighted by molar-refractivity contribution is -0.0944. The van der Waals surface area contributed by atoms with Crippen molar-refractivity contribution in [1.29, 1.82) is 0 Å². The summed E-state index contributed by atoms with van der Waals surface area (Å²) < 4.78 is 10.7. The molecule has 1 aliphatic rings. The fourth-order valence-electron chi connectivity index (χ4n) is 1.32. The second-order valence-electron chi connectivity index (χ2n) is 2.98. The second kappa shape index (κ2) is 3.18. The third-order valence-corrected chi connectivity index (χ3v) is 1.99. The van der Waals surface area contributed by atoms with E-state index in [1.807, 2.05) is 6.92 Å². The van der Waals surface area contributed by atoms with Gasteiger partial charge in [0.1, 0.15) is 12.0 Å². The molecule has 1 heterocycles. The SMILES string of the molecule is CC1OCc2cc(C=O)ccc2O1. The van der Waals surface area contributed by atoms with Crippen LogP contribution in [-0.4, -0.2) is 12.6 Å². The topological polar surface area (TPSA) is 35.5 Å². The predicted octanol–water partition coefficient (Wildman–Crippen LogP) is 1.75. The zero-order chi connectivity index (χ0) is 9.26. The number of carbonyl (C=O) groups is 1. The second-order valence-corrected chi connectivity index (χ2v) is 2.98. The Morgan fingerprint density at radius 1 is 1.54 bits per heavy atom. The summed E-state index contributed by atoms with van der Waals surface area (Å²) in [6, 6.07) is 5.33. The molecule has 0 amide bonds. The Hall–Kier alpha value is -1.35. The molecule has 3 nitrogen and oxygen atoms in total. The highest BCUT2D eigenvalue weighted by Gasteiger charge is 2.15. The number of ether oxygens (including phenoxy) is 2. The Bertz CT molecular complexity index is 333. The highest BCUT2D eigenvalue weighted by molar-refractivity contribution is 5.75. The number of aldehydes is 1. The van der Waals surface area contributed by atoms with Gasteiger partial charge in [-0.05, 0) is 25.1 Å². The molecule has 0 fully saturated rings. The van der Waals surface area contributed by atoms with Crippen molar-refractivity contribution in [2.24, 2.45) is 0 Å². The van der Waals surface area contributed by atoms with E-state index in [4.69, 9.17) is 9.47 Å². The monoisotopic (exact) mass is 178 g/mol. The Morgan fingerprint density at radius 3 is 3.15 bits per heavy atom. The minimum absolute atomic E-state index is 0.199. The van der Waals surface area contributed by atoms with Gasteiger partial charge in [-0.15, -0.1) is 0 Å². The van der Waals surface area contributed by atoms with Crippen LogP contribution in [-0.2, 0) is 11.3 Å². The van der Waals surface area contributed by atoms with Crippen molar-refractivity contribution < 1.29 is 14.3 Å². The maximum Gasteiger partial charge on any atom is 0.197 e. The number of hydrogen-bond acceptors (Lipinski definition) is 3. The molecule has 0 spiro atoms. The summed E-state index contributed by atoms with van der Waals surface area (Å²) in [6.07, 6.45) is 0.618. The van der Waals surface area contributed by atoms with Crippen molar-refractivity contribution in [1.82, 2.24) is 0 Å². The van der Waals surface area contributed by atoms with Gasteiger partial charge in [-0.1, -0.05) is 0 Å². The van der Waals surface area contributed by atoms with Gasteiger partial charge in [0.25, 0.3) is 0 Å². The molecule has 0 aromatic heterocycles. The Kier molecular flexibility index (Phi) is 2.02. The lowest BCUT2D eigenvalue weighted by Crippen LogP contribution is -2.21. The van der Waals surface area contributed by atoms with Crippen LogP contribution in [0.4, 0.5) is 0 Å². The van der Waals surface area contributed by atoms with E-state index in [-0.39, 0.29) is 6.29 Å². The Labute approximate surface area is 76.3 Å². The molecule has 0 saturated heterocycles. The van der Waals surface area contributed by atoms with Gasteiger partial charge in [0.15, 0.2) is 6.29 Å². The molecule has 1 aliphatic heterocycles. The van der Waals surface area contributed by atoms with Crippen LogP contribution >= 0.6 is 0 Å². The third-order valence-electron chi connectivity index (χ3n) is 1.99. The Balaban J connectivity index is 2.36. The van der Waals surface area contributed by atoms with Crippen LogP contribution in [0.15, 0.2) is 18.2 Å². The van der Waals surface area contributed by atoms with E-state index in [0.29, 0.717) is 12.2 Å². The first-order chi connectivity index (χ1) is 6.29. The number of rotatable bonds is 1. The van der Waals surface area contributed by atoms with Gasteiger partial charge in [0.2, 0.25) is 0 Å². The molecule has 0 N–H and O–H groups in total. The number of carbonyl (C=O) groups excluding carboxylic acids is 1. The van der Waals surface area contributed by atoms with Gasteiger partial charge in [-0.3, -0.25) is 4.79 Å². The van der Waals surface area contributed by atoms with Crippen LogP contribution in [0.25, 0.3) is 0 Å². The van der Waals surface area contributed by atoms with E-state index in [1.165, 1.54) is 0 Å². The fourth-order valence-corrected chi connectivity index (χ4v) is 1.32. The van der Waals surface area contributed by atoms with Gasteiger partial charge in [-0.2, -0.15) is 0 Å². The van der Waals surface area contributed by atoms with E-state index < -0.39 is 0 Å². The molecule has 3 heteroatoms. The normalized spacial score (nSPS) is 20.2. The van der Waals surface area contributed by atoms with Gasteiger partial charge in [-0.25, -0.2) is 0 Å². The summed E-state index contributed by atoms with van der Waals surface area (Å²) in [5.41, 5.74) is 1.59. The molecule has 1 aromatic rings. The lowest BCUT2D eigenvalue weighted by Gasteiger charge is -2.23. The quantitative estimate of drug-likeness (QED) is 0.614. The van der Waals surface area contributed by atoms with Crippen LogP contribution in [0, 0.1) is 0 Å². The molecular weight excluding hydrogens is 168 g/mol. The molecule has 1 aromatic carbocycles. The first-order valence-electron chi connectivity index (χ1n) is 4.16. The maximum absolute atomic E-state index is 10.5. The zero-order valence-corrected chi connectivity index (χ0v) is 7.32. The van der Waals surface area contributed by atoms with Crippen LogP contribution in [0.1, 0.15) is 22.8 Å². The van der Waals surface area contributed by atoms with E-state index in [0.717, 1.165) is 17.6 Å². The highest BCUT2D eigenvalue weighted by atomic mass is 16.7. The molecule has 0 bridgehead atoms. The van der Waals surface area contributed by atoms with Crippen LogP contribution in [0.3, 0.4) is 0 Å². The Morgan fingerprint density at radius 2 is 2.38 bits per heavy atom. The smallest absolute Gasteiger partial charge is 0.197 e. The fraction of sp³-hybridized carbons (Fsp3) is 0.300. The van der Waals surface area contributed by atoms with Gasteiger partial charge in [0.05, 0.1) is 6.61 Å². The van der Waals surface area contributed by atoms with Gasteiger partial charge < -0.3 is 9.47 Å². The molecule has 68 valence electrons. The van der Waals surface area contributed by atoms with Gasteiger partial charge >= 0.3 is 0 Å².